The first-order valence-electron chi connectivity index (χ1n) is 6.27. The van der Waals surface area contributed by atoms with E-state index in [-0.39, 0.29) is 12.4 Å². The molecule has 1 aromatic rings. The summed E-state index contributed by atoms with van der Waals surface area (Å²) in [5, 5.41) is 20.3. The topological polar surface area (TPSA) is 87.9 Å². The fourth-order valence-corrected chi connectivity index (χ4v) is 1.80. The number of carbonyl (C=O) groups is 1. The summed E-state index contributed by atoms with van der Waals surface area (Å²) in [4.78, 5) is 11.0. The highest BCUT2D eigenvalue weighted by Crippen LogP contribution is 2.19. The van der Waals surface area contributed by atoms with Crippen LogP contribution in [0.5, 0.6) is 0 Å². The maximum absolute atomic E-state index is 11.0. The lowest BCUT2D eigenvalue weighted by Gasteiger charge is -2.11. The van der Waals surface area contributed by atoms with E-state index in [0.717, 1.165) is 24.1 Å². The van der Waals surface area contributed by atoms with Crippen LogP contribution >= 0.6 is 0 Å². The predicted octanol–water partition coefficient (Wildman–Crippen LogP) is 1.45. The summed E-state index contributed by atoms with van der Waals surface area (Å²) < 4.78 is 4.55. The van der Waals surface area contributed by atoms with Gasteiger partial charge < -0.3 is 10.1 Å². The first-order chi connectivity index (χ1) is 9.17. The molecule has 0 saturated heterocycles. The number of rotatable bonds is 6. The standard InChI is InChI=1S/C13H18N4O2/c1-4-9-10(8-14)13(17-16-11(9)5-2)15-7-6-12(18)19-3/h4-7H2,1-3H3,(H,15,17). The Hall–Kier alpha value is -2.16. The summed E-state index contributed by atoms with van der Waals surface area (Å²) >= 11 is 0. The predicted molar refractivity (Wildman–Crippen MR) is 70.6 cm³/mol. The van der Waals surface area contributed by atoms with Gasteiger partial charge in [0, 0.05) is 6.54 Å². The summed E-state index contributed by atoms with van der Waals surface area (Å²) in [6.45, 7) is 4.33. The van der Waals surface area contributed by atoms with Crippen molar-refractivity contribution in [3.8, 4) is 6.07 Å². The van der Waals surface area contributed by atoms with Gasteiger partial charge in [-0.2, -0.15) is 10.4 Å². The van der Waals surface area contributed by atoms with Crippen LogP contribution in [0.4, 0.5) is 5.82 Å². The van der Waals surface area contributed by atoms with Crippen molar-refractivity contribution in [2.24, 2.45) is 0 Å². The highest BCUT2D eigenvalue weighted by atomic mass is 16.5. The van der Waals surface area contributed by atoms with Crippen LogP contribution in [0.25, 0.3) is 0 Å². The molecule has 19 heavy (non-hydrogen) atoms. The Morgan fingerprint density at radius 1 is 1.37 bits per heavy atom. The second-order valence-corrected chi connectivity index (χ2v) is 3.92. The van der Waals surface area contributed by atoms with Gasteiger partial charge in [0.1, 0.15) is 11.6 Å². The van der Waals surface area contributed by atoms with E-state index in [9.17, 15) is 10.1 Å². The van der Waals surface area contributed by atoms with Crippen LogP contribution in [0.15, 0.2) is 0 Å². The Morgan fingerprint density at radius 3 is 2.63 bits per heavy atom. The maximum Gasteiger partial charge on any atom is 0.307 e. The highest BCUT2D eigenvalue weighted by molar-refractivity contribution is 5.70. The molecule has 0 atom stereocenters. The molecule has 0 unspecified atom stereocenters. The first kappa shape index (κ1) is 14.9. The molecular formula is C13H18N4O2. The number of aryl methyl sites for hydroxylation is 1. The summed E-state index contributed by atoms with van der Waals surface area (Å²) in [5.74, 6) is 0.125. The average Bonchev–Trinajstić information content (AvgIpc) is 2.45. The third kappa shape index (κ3) is 3.65. The fourth-order valence-electron chi connectivity index (χ4n) is 1.80. The van der Waals surface area contributed by atoms with E-state index in [1.54, 1.807) is 0 Å². The monoisotopic (exact) mass is 262 g/mol. The minimum atomic E-state index is -0.306. The van der Waals surface area contributed by atoms with Crippen molar-refractivity contribution in [3.63, 3.8) is 0 Å². The number of nitriles is 1. The third-order valence-electron chi connectivity index (χ3n) is 2.81. The lowest BCUT2D eigenvalue weighted by Crippen LogP contribution is -2.14. The number of ether oxygens (including phenoxy) is 1. The molecule has 1 rings (SSSR count). The lowest BCUT2D eigenvalue weighted by atomic mass is 10.0. The van der Waals surface area contributed by atoms with Gasteiger partial charge >= 0.3 is 5.97 Å². The van der Waals surface area contributed by atoms with Crippen molar-refractivity contribution in [3.05, 3.63) is 16.8 Å². The van der Waals surface area contributed by atoms with Crippen molar-refractivity contribution in [1.29, 1.82) is 5.26 Å². The van der Waals surface area contributed by atoms with Gasteiger partial charge in [-0.15, -0.1) is 5.10 Å². The molecule has 0 radical (unpaired) electrons. The zero-order chi connectivity index (χ0) is 14.3. The zero-order valence-corrected chi connectivity index (χ0v) is 11.5. The number of carbonyl (C=O) groups excluding carboxylic acids is 1. The van der Waals surface area contributed by atoms with Crippen LogP contribution in [0.2, 0.25) is 0 Å². The van der Waals surface area contributed by atoms with Crippen LogP contribution in [0.3, 0.4) is 0 Å². The second-order valence-electron chi connectivity index (χ2n) is 3.92. The zero-order valence-electron chi connectivity index (χ0n) is 11.5. The van der Waals surface area contributed by atoms with Crippen LogP contribution in [0.1, 0.15) is 37.1 Å². The first-order valence-corrected chi connectivity index (χ1v) is 6.27. The van der Waals surface area contributed by atoms with E-state index >= 15 is 0 Å². The number of nitrogens with one attached hydrogen (secondary N) is 1. The number of hydrogen-bond donors (Lipinski definition) is 1. The Labute approximate surface area is 112 Å². The molecule has 0 aliphatic carbocycles. The maximum atomic E-state index is 11.0. The average molecular weight is 262 g/mol. The number of nitrogens with zero attached hydrogens (tertiary/aromatic N) is 3. The van der Waals surface area contributed by atoms with Gasteiger partial charge in [0.05, 0.1) is 19.2 Å². The van der Waals surface area contributed by atoms with Gasteiger partial charge in [-0.05, 0) is 18.4 Å². The molecule has 0 aliphatic rings. The van der Waals surface area contributed by atoms with Gasteiger partial charge in [-0.25, -0.2) is 0 Å². The van der Waals surface area contributed by atoms with Gasteiger partial charge in [0.15, 0.2) is 5.82 Å². The van der Waals surface area contributed by atoms with E-state index < -0.39 is 0 Å². The van der Waals surface area contributed by atoms with E-state index in [1.807, 2.05) is 13.8 Å². The lowest BCUT2D eigenvalue weighted by molar-refractivity contribution is -0.140. The smallest absolute Gasteiger partial charge is 0.307 e. The molecule has 1 N–H and O–H groups in total. The normalized spacial score (nSPS) is 9.79. The molecule has 0 aliphatic heterocycles. The minimum Gasteiger partial charge on any atom is -0.469 e. The number of esters is 1. The summed E-state index contributed by atoms with van der Waals surface area (Å²) in [6.07, 6.45) is 1.70. The molecule has 6 nitrogen and oxygen atoms in total. The largest absolute Gasteiger partial charge is 0.469 e. The van der Waals surface area contributed by atoms with Crippen LogP contribution in [-0.4, -0.2) is 29.8 Å². The molecule has 1 aromatic heterocycles. The quantitative estimate of drug-likeness (QED) is 0.781. The Bertz CT molecular complexity index is 494. The van der Waals surface area contributed by atoms with Crippen LogP contribution in [-0.2, 0) is 22.4 Å². The molecule has 6 heteroatoms. The molecule has 0 aromatic carbocycles. The molecule has 102 valence electrons. The molecule has 0 amide bonds. The Kier molecular flexibility index (Phi) is 5.73. The molecule has 0 bridgehead atoms. The molecule has 0 saturated carbocycles. The number of methoxy groups -OCH3 is 1. The number of aromatic nitrogens is 2. The van der Waals surface area contributed by atoms with E-state index in [4.69, 9.17) is 0 Å². The van der Waals surface area contributed by atoms with Crippen molar-refractivity contribution in [1.82, 2.24) is 10.2 Å². The SMILES string of the molecule is CCc1nnc(NCCC(=O)OC)c(C#N)c1CC. The van der Waals surface area contributed by atoms with Crippen molar-refractivity contribution in [2.75, 3.05) is 19.0 Å². The van der Waals surface area contributed by atoms with Gasteiger partial charge in [-0.3, -0.25) is 4.79 Å². The van der Waals surface area contributed by atoms with Gasteiger partial charge in [0.2, 0.25) is 0 Å². The molecule has 0 fully saturated rings. The van der Waals surface area contributed by atoms with Crippen molar-refractivity contribution in [2.45, 2.75) is 33.1 Å². The summed E-state index contributed by atoms with van der Waals surface area (Å²) in [7, 11) is 1.34. The number of hydrogen-bond acceptors (Lipinski definition) is 6. The molecule has 1 heterocycles. The summed E-state index contributed by atoms with van der Waals surface area (Å²) in [6, 6.07) is 2.16. The molecule has 0 spiro atoms. The number of anilines is 1. The second kappa shape index (κ2) is 7.31. The fraction of sp³-hybridized carbons (Fsp3) is 0.538. The highest BCUT2D eigenvalue weighted by Gasteiger charge is 2.14. The van der Waals surface area contributed by atoms with Crippen molar-refractivity contribution >= 4 is 11.8 Å². The van der Waals surface area contributed by atoms with E-state index in [1.165, 1.54) is 7.11 Å². The van der Waals surface area contributed by atoms with Crippen LogP contribution < -0.4 is 5.32 Å². The van der Waals surface area contributed by atoms with Gasteiger partial charge in [0.25, 0.3) is 0 Å². The van der Waals surface area contributed by atoms with Crippen molar-refractivity contribution < 1.29 is 9.53 Å². The third-order valence-corrected chi connectivity index (χ3v) is 2.81. The molecular weight excluding hydrogens is 244 g/mol. The Balaban J connectivity index is 2.90. The Morgan fingerprint density at radius 2 is 2.11 bits per heavy atom. The van der Waals surface area contributed by atoms with E-state index in [2.05, 4.69) is 26.3 Å². The van der Waals surface area contributed by atoms with Gasteiger partial charge in [-0.1, -0.05) is 13.8 Å². The minimum absolute atomic E-state index is 0.222. The summed E-state index contributed by atoms with van der Waals surface area (Å²) in [5.41, 5.74) is 2.28. The van der Waals surface area contributed by atoms with E-state index in [0.29, 0.717) is 17.9 Å². The van der Waals surface area contributed by atoms with Crippen LogP contribution in [0, 0.1) is 11.3 Å².